The minimum absolute atomic E-state index is 0.256. The predicted octanol–water partition coefficient (Wildman–Crippen LogP) is -0.0421. The van der Waals surface area contributed by atoms with E-state index in [2.05, 4.69) is 25.6 Å². The third-order valence-corrected chi connectivity index (χ3v) is 3.23. The predicted molar refractivity (Wildman–Crippen MR) is 43.3 cm³/mol. The fourth-order valence-electron chi connectivity index (χ4n) is 0.551. The Morgan fingerprint density at radius 3 is 2.73 bits per heavy atom. The van der Waals surface area contributed by atoms with Gasteiger partial charge in [-0.15, -0.1) is 0 Å². The Balaban J connectivity index is 3.22. The Morgan fingerprint density at radius 2 is 2.36 bits per heavy atom. The summed E-state index contributed by atoms with van der Waals surface area (Å²) in [6.45, 7) is 0. The molecule has 0 aliphatic heterocycles. The zero-order valence-corrected chi connectivity index (χ0v) is 8.05. The zero-order valence-electron chi connectivity index (χ0n) is 5.65. The average Bonchev–Trinajstić information content (AvgIpc) is 2.36. The first-order chi connectivity index (χ1) is 5.08. The smallest absolute Gasteiger partial charge is 0.230 e. The molecule has 0 bridgehead atoms. The first-order valence-corrected chi connectivity index (χ1v) is 4.94. The van der Waals surface area contributed by atoms with Crippen LogP contribution in [0.15, 0.2) is 17.1 Å². The van der Waals surface area contributed by atoms with Gasteiger partial charge < -0.3 is 0 Å². The van der Waals surface area contributed by atoms with Crippen LogP contribution in [0.5, 0.6) is 0 Å². The van der Waals surface area contributed by atoms with Gasteiger partial charge in [0.1, 0.15) is 0 Å². The van der Waals surface area contributed by atoms with Crippen molar-refractivity contribution >= 4 is 26.1 Å². The number of nitrogens with zero attached hydrogens (tertiary/aromatic N) is 2. The number of aromatic nitrogens is 2. The van der Waals surface area contributed by atoms with Gasteiger partial charge in [0.05, 0.1) is 0 Å². The number of nitrogens with one attached hydrogen (secondary N) is 1. The van der Waals surface area contributed by atoms with Crippen LogP contribution in [0, 0.1) is 0 Å². The maximum Gasteiger partial charge on any atom is 0.306 e. The van der Waals surface area contributed by atoms with Gasteiger partial charge in [-0.3, -0.25) is 0 Å². The summed E-state index contributed by atoms with van der Waals surface area (Å²) in [5.41, 5.74) is 0. The molecule has 0 radical (unpaired) electrons. The summed E-state index contributed by atoms with van der Waals surface area (Å²) >= 11 is 2.98. The van der Waals surface area contributed by atoms with E-state index in [1.807, 2.05) is 0 Å². The molecular weight excluding hydrogens is 234 g/mol. The van der Waals surface area contributed by atoms with Crippen molar-refractivity contribution in [3.05, 3.63) is 17.1 Å². The molecule has 7 heteroatoms. The third kappa shape index (κ3) is 1.60. The van der Waals surface area contributed by atoms with Crippen LogP contribution in [0.1, 0.15) is 0 Å². The Bertz CT molecular complexity index is 344. The molecule has 0 saturated heterocycles. The van der Waals surface area contributed by atoms with Gasteiger partial charge in [-0.05, 0) is 15.9 Å². The summed E-state index contributed by atoms with van der Waals surface area (Å²) in [7, 11) is -2.09. The van der Waals surface area contributed by atoms with E-state index in [1.54, 1.807) is 0 Å². The molecule has 1 aromatic heterocycles. The quantitative estimate of drug-likeness (QED) is 0.788. The second-order valence-corrected chi connectivity index (χ2v) is 4.16. The van der Waals surface area contributed by atoms with E-state index in [9.17, 15) is 8.42 Å². The summed E-state index contributed by atoms with van der Waals surface area (Å²) < 4.78 is 25.5. The highest BCUT2D eigenvalue weighted by Crippen LogP contribution is 2.07. The van der Waals surface area contributed by atoms with Crippen molar-refractivity contribution < 1.29 is 8.42 Å². The number of halogens is 1. The van der Waals surface area contributed by atoms with E-state index < -0.39 is 10.2 Å². The molecule has 1 heterocycles. The topological polar surface area (TPSA) is 64.0 Å². The molecule has 0 amide bonds. The van der Waals surface area contributed by atoms with Crippen molar-refractivity contribution in [1.82, 2.24) is 13.7 Å². The average molecular weight is 240 g/mol. The second-order valence-electron chi connectivity index (χ2n) is 1.70. The van der Waals surface area contributed by atoms with Gasteiger partial charge in [0, 0.05) is 19.4 Å². The molecule has 1 N–H and O–H groups in total. The van der Waals surface area contributed by atoms with Crippen molar-refractivity contribution in [1.29, 1.82) is 0 Å². The lowest BCUT2D eigenvalue weighted by Gasteiger charge is -2.02. The SMILES string of the molecule is CNS(=O)(=O)n1ccnc1Br. The molecule has 0 aliphatic carbocycles. The van der Waals surface area contributed by atoms with Gasteiger partial charge in [0.15, 0.2) is 4.73 Å². The van der Waals surface area contributed by atoms with E-state index in [-0.39, 0.29) is 4.73 Å². The summed E-state index contributed by atoms with van der Waals surface area (Å²) in [5.74, 6) is 0. The molecule has 1 aromatic rings. The first-order valence-electron chi connectivity index (χ1n) is 2.71. The third-order valence-electron chi connectivity index (χ3n) is 1.08. The Kier molecular flexibility index (Phi) is 2.31. The molecule has 0 fully saturated rings. The van der Waals surface area contributed by atoms with Gasteiger partial charge in [0.25, 0.3) is 0 Å². The summed E-state index contributed by atoms with van der Waals surface area (Å²) in [4.78, 5) is 3.69. The first kappa shape index (κ1) is 8.69. The van der Waals surface area contributed by atoms with E-state index in [0.717, 1.165) is 3.97 Å². The lowest BCUT2D eigenvalue weighted by molar-refractivity contribution is 0.578. The largest absolute Gasteiger partial charge is 0.306 e. The zero-order chi connectivity index (χ0) is 8.48. The second kappa shape index (κ2) is 2.92. The fraction of sp³-hybridized carbons (Fsp3) is 0.250. The van der Waals surface area contributed by atoms with Crippen molar-refractivity contribution in [2.24, 2.45) is 0 Å². The number of imidazole rings is 1. The van der Waals surface area contributed by atoms with Crippen LogP contribution in [0.3, 0.4) is 0 Å². The van der Waals surface area contributed by atoms with Gasteiger partial charge in [-0.2, -0.15) is 8.42 Å². The highest BCUT2D eigenvalue weighted by atomic mass is 79.9. The van der Waals surface area contributed by atoms with Crippen LogP contribution in [-0.2, 0) is 10.2 Å². The summed E-state index contributed by atoms with van der Waals surface area (Å²) in [5, 5.41) is 0. The summed E-state index contributed by atoms with van der Waals surface area (Å²) in [6.07, 6.45) is 2.73. The molecule has 62 valence electrons. The Morgan fingerprint density at radius 1 is 1.73 bits per heavy atom. The number of hydrogen-bond acceptors (Lipinski definition) is 3. The normalized spacial score (nSPS) is 11.8. The number of hydrogen-bond donors (Lipinski definition) is 1. The molecular formula is C4H6BrN3O2S. The van der Waals surface area contributed by atoms with Crippen LogP contribution in [0.2, 0.25) is 0 Å². The minimum Gasteiger partial charge on any atom is -0.230 e. The highest BCUT2D eigenvalue weighted by Gasteiger charge is 2.11. The van der Waals surface area contributed by atoms with Crippen LogP contribution >= 0.6 is 15.9 Å². The molecule has 0 saturated carbocycles. The molecule has 0 atom stereocenters. The Hall–Kier alpha value is -0.400. The minimum atomic E-state index is -3.43. The summed E-state index contributed by atoms with van der Waals surface area (Å²) in [6, 6.07) is 0. The van der Waals surface area contributed by atoms with Gasteiger partial charge in [-0.1, -0.05) is 0 Å². The van der Waals surface area contributed by atoms with Gasteiger partial charge in [0.2, 0.25) is 0 Å². The molecule has 11 heavy (non-hydrogen) atoms. The van der Waals surface area contributed by atoms with Gasteiger partial charge in [-0.25, -0.2) is 13.7 Å². The maximum absolute atomic E-state index is 11.1. The lowest BCUT2D eigenvalue weighted by atomic mass is 11.0. The van der Waals surface area contributed by atoms with E-state index in [4.69, 9.17) is 0 Å². The van der Waals surface area contributed by atoms with E-state index in [0.29, 0.717) is 0 Å². The van der Waals surface area contributed by atoms with Crippen molar-refractivity contribution in [3.8, 4) is 0 Å². The van der Waals surface area contributed by atoms with Crippen LogP contribution in [0.25, 0.3) is 0 Å². The lowest BCUT2D eigenvalue weighted by Crippen LogP contribution is -2.25. The van der Waals surface area contributed by atoms with E-state index >= 15 is 0 Å². The monoisotopic (exact) mass is 239 g/mol. The molecule has 5 nitrogen and oxygen atoms in total. The number of rotatable bonds is 2. The van der Waals surface area contributed by atoms with Crippen molar-refractivity contribution in [2.75, 3.05) is 7.05 Å². The maximum atomic E-state index is 11.1. The standard InChI is InChI=1S/C4H6BrN3O2S/c1-6-11(9,10)8-3-2-7-4(8)5/h2-3,6H,1H3. The van der Waals surface area contributed by atoms with Crippen molar-refractivity contribution in [3.63, 3.8) is 0 Å². The molecule has 0 unspecified atom stereocenters. The van der Waals surface area contributed by atoms with Crippen LogP contribution in [0.4, 0.5) is 0 Å². The van der Waals surface area contributed by atoms with Crippen LogP contribution < -0.4 is 4.72 Å². The molecule has 1 rings (SSSR count). The molecule has 0 aromatic carbocycles. The van der Waals surface area contributed by atoms with Crippen LogP contribution in [-0.4, -0.2) is 24.4 Å². The molecule has 0 spiro atoms. The van der Waals surface area contributed by atoms with E-state index in [1.165, 1.54) is 19.4 Å². The van der Waals surface area contributed by atoms with Gasteiger partial charge >= 0.3 is 10.2 Å². The molecule has 0 aliphatic rings. The highest BCUT2D eigenvalue weighted by molar-refractivity contribution is 9.10. The Labute approximate surface area is 72.7 Å². The van der Waals surface area contributed by atoms with Crippen molar-refractivity contribution in [2.45, 2.75) is 0 Å². The fourth-order valence-corrected chi connectivity index (χ4v) is 2.02.